The molecule has 2 rings (SSSR count). The maximum Gasteiger partial charge on any atom is 0.228 e. The van der Waals surface area contributed by atoms with Gasteiger partial charge in [0.1, 0.15) is 0 Å². The van der Waals surface area contributed by atoms with Crippen LogP contribution in [0.15, 0.2) is 12.1 Å². The summed E-state index contributed by atoms with van der Waals surface area (Å²) in [4.78, 5) is 11.4. The van der Waals surface area contributed by atoms with E-state index < -0.39 is 0 Å². The molecule has 116 valence electrons. The lowest BCUT2D eigenvalue weighted by molar-refractivity contribution is -0.115. The number of nitrogens with one attached hydrogen (secondary N) is 1. The van der Waals surface area contributed by atoms with Crippen LogP contribution in [0.4, 0.5) is 5.69 Å². The minimum Gasteiger partial charge on any atom is -0.325 e. The largest absolute Gasteiger partial charge is 0.325 e. The zero-order chi connectivity index (χ0) is 15.2. The van der Waals surface area contributed by atoms with E-state index in [0.29, 0.717) is 11.4 Å². The van der Waals surface area contributed by atoms with E-state index in [0.717, 1.165) is 29.7 Å². The Morgan fingerprint density at radius 2 is 1.90 bits per heavy atom. The minimum absolute atomic E-state index is 0.0280. The Morgan fingerprint density at radius 3 is 2.67 bits per heavy atom. The van der Waals surface area contributed by atoms with Crippen LogP contribution >= 0.6 is 23.2 Å². The van der Waals surface area contributed by atoms with Crippen molar-refractivity contribution in [3.63, 3.8) is 0 Å². The fraction of sp³-hybridized carbons (Fsp3) is 0.588. The van der Waals surface area contributed by atoms with Crippen molar-refractivity contribution >= 4 is 34.8 Å². The van der Waals surface area contributed by atoms with E-state index in [1.54, 1.807) is 0 Å². The molecule has 1 unspecified atom stereocenters. The maximum absolute atomic E-state index is 11.4. The summed E-state index contributed by atoms with van der Waals surface area (Å²) in [5.74, 6) is 0.0280. The van der Waals surface area contributed by atoms with Crippen molar-refractivity contribution < 1.29 is 4.79 Å². The highest BCUT2D eigenvalue weighted by atomic mass is 35.5. The van der Waals surface area contributed by atoms with E-state index in [-0.39, 0.29) is 11.3 Å². The highest BCUT2D eigenvalue weighted by molar-refractivity contribution is 6.33. The first-order chi connectivity index (χ1) is 10.1. The van der Waals surface area contributed by atoms with Crippen molar-refractivity contribution in [3.05, 3.63) is 28.3 Å². The SMILES string of the molecule is CCCCCCCCC(Cl)c1cc2c(cc1Cl)NC(=O)C2. The fourth-order valence-corrected chi connectivity index (χ4v) is 3.45. The maximum atomic E-state index is 11.4. The van der Waals surface area contributed by atoms with Crippen LogP contribution in [-0.2, 0) is 11.2 Å². The summed E-state index contributed by atoms with van der Waals surface area (Å²) in [5, 5.41) is 3.40. The van der Waals surface area contributed by atoms with E-state index >= 15 is 0 Å². The Labute approximate surface area is 137 Å². The number of unbranched alkanes of at least 4 members (excludes halogenated alkanes) is 5. The number of carbonyl (C=O) groups is 1. The number of hydrogen-bond acceptors (Lipinski definition) is 1. The molecule has 1 heterocycles. The first-order valence-corrected chi connectivity index (χ1v) is 8.69. The van der Waals surface area contributed by atoms with E-state index in [1.807, 2.05) is 12.1 Å². The van der Waals surface area contributed by atoms with Gasteiger partial charge >= 0.3 is 0 Å². The summed E-state index contributed by atoms with van der Waals surface area (Å²) in [6.45, 7) is 2.23. The van der Waals surface area contributed by atoms with Gasteiger partial charge in [0.05, 0.1) is 11.8 Å². The Hall–Kier alpha value is -0.730. The monoisotopic (exact) mass is 327 g/mol. The predicted octanol–water partition coefficient (Wildman–Crippen LogP) is 5.87. The van der Waals surface area contributed by atoms with Gasteiger partial charge in [-0.3, -0.25) is 4.79 Å². The van der Waals surface area contributed by atoms with Crippen molar-refractivity contribution in [2.75, 3.05) is 5.32 Å². The lowest BCUT2D eigenvalue weighted by Gasteiger charge is -2.13. The number of anilines is 1. The molecule has 0 aliphatic carbocycles. The van der Waals surface area contributed by atoms with Crippen molar-refractivity contribution in [3.8, 4) is 0 Å². The molecule has 1 aliphatic rings. The van der Waals surface area contributed by atoms with Crippen molar-refractivity contribution in [2.45, 2.75) is 63.7 Å². The van der Waals surface area contributed by atoms with Crippen molar-refractivity contribution in [1.82, 2.24) is 0 Å². The van der Waals surface area contributed by atoms with Gasteiger partial charge in [-0.25, -0.2) is 0 Å². The summed E-state index contributed by atoms with van der Waals surface area (Å²) >= 11 is 12.8. The topological polar surface area (TPSA) is 29.1 Å². The third-order valence-corrected chi connectivity index (χ3v) is 4.78. The van der Waals surface area contributed by atoms with Crippen LogP contribution in [0, 0.1) is 0 Å². The second-order valence-electron chi connectivity index (χ2n) is 5.78. The third-order valence-electron chi connectivity index (χ3n) is 4.00. The second-order valence-corrected chi connectivity index (χ2v) is 6.71. The van der Waals surface area contributed by atoms with Gasteiger partial charge < -0.3 is 5.32 Å². The molecule has 1 N–H and O–H groups in total. The fourth-order valence-electron chi connectivity index (χ4n) is 2.77. The molecule has 0 fully saturated rings. The van der Waals surface area contributed by atoms with Gasteiger partial charge in [0.15, 0.2) is 0 Å². The van der Waals surface area contributed by atoms with Crippen LogP contribution < -0.4 is 5.32 Å². The summed E-state index contributed by atoms with van der Waals surface area (Å²) in [5.41, 5.74) is 2.80. The smallest absolute Gasteiger partial charge is 0.228 e. The Morgan fingerprint density at radius 1 is 1.19 bits per heavy atom. The molecule has 0 aromatic heterocycles. The normalized spacial score (nSPS) is 14.9. The number of fused-ring (bicyclic) bond motifs is 1. The first-order valence-electron chi connectivity index (χ1n) is 7.88. The Balaban J connectivity index is 1.87. The van der Waals surface area contributed by atoms with E-state index in [4.69, 9.17) is 23.2 Å². The van der Waals surface area contributed by atoms with Crippen molar-refractivity contribution in [1.29, 1.82) is 0 Å². The molecule has 1 amide bonds. The van der Waals surface area contributed by atoms with Gasteiger partial charge in [-0.2, -0.15) is 0 Å². The molecule has 1 aromatic rings. The number of halogens is 2. The summed E-state index contributed by atoms with van der Waals surface area (Å²) < 4.78 is 0. The van der Waals surface area contributed by atoms with Gasteiger partial charge in [0.25, 0.3) is 0 Å². The zero-order valence-electron chi connectivity index (χ0n) is 12.6. The second kappa shape index (κ2) is 8.05. The van der Waals surface area contributed by atoms with Crippen LogP contribution in [0.2, 0.25) is 5.02 Å². The standard InChI is InChI=1S/C17H23Cl2NO/c1-2-3-4-5-6-7-8-14(18)13-9-12-10-17(21)20-16(12)11-15(13)19/h9,11,14H,2-8,10H2,1H3,(H,20,21). The van der Waals surface area contributed by atoms with Crippen LogP contribution in [-0.4, -0.2) is 5.91 Å². The predicted molar refractivity (Wildman–Crippen MR) is 90.4 cm³/mol. The number of rotatable bonds is 8. The van der Waals surface area contributed by atoms with Gasteiger partial charge in [0, 0.05) is 10.7 Å². The van der Waals surface area contributed by atoms with Crippen molar-refractivity contribution in [2.24, 2.45) is 0 Å². The number of carbonyl (C=O) groups excluding carboxylic acids is 1. The Kier molecular flexibility index (Phi) is 6.38. The number of hydrogen-bond donors (Lipinski definition) is 1. The molecule has 0 spiro atoms. The average molecular weight is 328 g/mol. The van der Waals surface area contributed by atoms with Crippen LogP contribution in [0.5, 0.6) is 0 Å². The summed E-state index contributed by atoms with van der Waals surface area (Å²) in [7, 11) is 0. The van der Waals surface area contributed by atoms with E-state index in [1.165, 1.54) is 32.1 Å². The molecule has 1 aromatic carbocycles. The van der Waals surface area contributed by atoms with E-state index in [9.17, 15) is 4.79 Å². The molecule has 1 atom stereocenters. The number of amides is 1. The van der Waals surface area contributed by atoms with Crippen LogP contribution in [0.3, 0.4) is 0 Å². The number of alkyl halides is 1. The third kappa shape index (κ3) is 4.62. The van der Waals surface area contributed by atoms with Crippen LogP contribution in [0.1, 0.15) is 68.4 Å². The quantitative estimate of drug-likeness (QED) is 0.469. The highest BCUT2D eigenvalue weighted by Gasteiger charge is 2.21. The highest BCUT2D eigenvalue weighted by Crippen LogP contribution is 2.37. The molecule has 0 saturated carbocycles. The lowest BCUT2D eigenvalue weighted by atomic mass is 10.0. The molecule has 0 bridgehead atoms. The molecule has 4 heteroatoms. The summed E-state index contributed by atoms with van der Waals surface area (Å²) in [6, 6.07) is 3.82. The van der Waals surface area contributed by atoms with Crippen LogP contribution in [0.25, 0.3) is 0 Å². The molecular weight excluding hydrogens is 305 g/mol. The molecule has 0 radical (unpaired) electrons. The number of benzene rings is 1. The molecule has 2 nitrogen and oxygen atoms in total. The van der Waals surface area contributed by atoms with Gasteiger partial charge in [-0.1, -0.05) is 63.1 Å². The van der Waals surface area contributed by atoms with E-state index in [2.05, 4.69) is 12.2 Å². The summed E-state index contributed by atoms with van der Waals surface area (Å²) in [6.07, 6.45) is 8.92. The Bertz CT molecular complexity index is 502. The van der Waals surface area contributed by atoms with Gasteiger partial charge in [-0.15, -0.1) is 11.6 Å². The molecule has 21 heavy (non-hydrogen) atoms. The first kappa shape index (κ1) is 16.6. The zero-order valence-corrected chi connectivity index (χ0v) is 14.1. The average Bonchev–Trinajstić information content (AvgIpc) is 2.80. The van der Waals surface area contributed by atoms with Gasteiger partial charge in [-0.05, 0) is 23.6 Å². The molecular formula is C17H23Cl2NO. The lowest BCUT2D eigenvalue weighted by Crippen LogP contribution is -2.03. The van der Waals surface area contributed by atoms with Gasteiger partial charge in [0.2, 0.25) is 5.91 Å². The molecule has 1 aliphatic heterocycles. The molecule has 0 saturated heterocycles. The minimum atomic E-state index is -0.0651.